The molecule has 1 rings (SSSR count). The number of amides is 1. The molecule has 0 saturated carbocycles. The van der Waals surface area contributed by atoms with E-state index in [2.05, 4.69) is 21.2 Å². The minimum atomic E-state index is -0.113. The number of carbonyl (C=O) groups is 1. The molecule has 1 atom stereocenters. The van der Waals surface area contributed by atoms with Gasteiger partial charge in [-0.15, -0.1) is 0 Å². The maximum absolute atomic E-state index is 11.5. The highest BCUT2D eigenvalue weighted by Crippen LogP contribution is 2.12. The van der Waals surface area contributed by atoms with Gasteiger partial charge >= 0.3 is 0 Å². The monoisotopic (exact) mass is 285 g/mol. The zero-order valence-electron chi connectivity index (χ0n) is 9.50. The number of rotatable bonds is 5. The summed E-state index contributed by atoms with van der Waals surface area (Å²) >= 11 is 3.31. The molecule has 0 aliphatic rings. The van der Waals surface area contributed by atoms with Gasteiger partial charge in [0.25, 0.3) is 0 Å². The van der Waals surface area contributed by atoms with Crippen molar-refractivity contribution in [2.24, 2.45) is 0 Å². The van der Waals surface area contributed by atoms with Gasteiger partial charge in [0.1, 0.15) is 5.75 Å². The predicted molar refractivity (Wildman–Crippen MR) is 67.8 cm³/mol. The molecule has 1 amide bonds. The largest absolute Gasteiger partial charge is 0.497 e. The third kappa shape index (κ3) is 3.85. The van der Waals surface area contributed by atoms with Gasteiger partial charge in [-0.05, 0) is 24.1 Å². The van der Waals surface area contributed by atoms with Crippen molar-refractivity contribution >= 4 is 21.8 Å². The second kappa shape index (κ2) is 6.53. The van der Waals surface area contributed by atoms with Crippen LogP contribution in [0.3, 0.4) is 0 Å². The Morgan fingerprint density at radius 1 is 1.56 bits per heavy atom. The average molecular weight is 286 g/mol. The molecule has 0 heterocycles. The quantitative estimate of drug-likeness (QED) is 0.844. The second-order valence-electron chi connectivity index (χ2n) is 3.45. The molecule has 1 aromatic rings. The molecule has 0 unspecified atom stereocenters. The van der Waals surface area contributed by atoms with Crippen LogP contribution < -0.4 is 10.1 Å². The molecule has 0 radical (unpaired) electrons. The minimum Gasteiger partial charge on any atom is -0.497 e. The van der Waals surface area contributed by atoms with Gasteiger partial charge in [-0.3, -0.25) is 4.79 Å². The molecule has 16 heavy (non-hydrogen) atoms. The third-order valence-electron chi connectivity index (χ3n) is 2.24. The van der Waals surface area contributed by atoms with Gasteiger partial charge in [0.15, 0.2) is 0 Å². The topological polar surface area (TPSA) is 38.3 Å². The van der Waals surface area contributed by atoms with Crippen LogP contribution in [0.1, 0.15) is 18.9 Å². The molecule has 0 spiro atoms. The van der Waals surface area contributed by atoms with Gasteiger partial charge in [-0.1, -0.05) is 35.0 Å². The fraction of sp³-hybridized carbons (Fsp3) is 0.417. The molecule has 88 valence electrons. The number of hydrogen-bond acceptors (Lipinski definition) is 2. The number of carbonyl (C=O) groups excluding carboxylic acids is 1. The number of methoxy groups -OCH3 is 1. The number of hydrogen-bond donors (Lipinski definition) is 1. The van der Waals surface area contributed by atoms with Crippen LogP contribution in [-0.2, 0) is 11.3 Å². The zero-order chi connectivity index (χ0) is 12.0. The summed E-state index contributed by atoms with van der Waals surface area (Å²) < 4.78 is 5.11. The van der Waals surface area contributed by atoms with Crippen molar-refractivity contribution in [1.82, 2.24) is 5.32 Å². The van der Waals surface area contributed by atoms with Crippen molar-refractivity contribution in [3.05, 3.63) is 29.8 Å². The predicted octanol–water partition coefficient (Wildman–Crippen LogP) is 2.48. The number of halogens is 1. The van der Waals surface area contributed by atoms with E-state index in [4.69, 9.17) is 4.74 Å². The van der Waals surface area contributed by atoms with E-state index < -0.39 is 0 Å². The Bertz CT molecular complexity index is 355. The molecule has 4 heteroatoms. The Labute approximate surface area is 104 Å². The van der Waals surface area contributed by atoms with E-state index in [0.29, 0.717) is 6.54 Å². The van der Waals surface area contributed by atoms with Gasteiger partial charge in [0.05, 0.1) is 11.9 Å². The van der Waals surface area contributed by atoms with E-state index in [0.717, 1.165) is 17.7 Å². The summed E-state index contributed by atoms with van der Waals surface area (Å²) in [5.41, 5.74) is 1.03. The lowest BCUT2D eigenvalue weighted by molar-refractivity contribution is -0.120. The molecule has 3 nitrogen and oxygen atoms in total. The first kappa shape index (κ1) is 13.0. The van der Waals surface area contributed by atoms with Crippen LogP contribution in [-0.4, -0.2) is 17.8 Å². The lowest BCUT2D eigenvalue weighted by atomic mass is 10.2. The normalized spacial score (nSPS) is 11.9. The van der Waals surface area contributed by atoms with Crippen molar-refractivity contribution in [3.63, 3.8) is 0 Å². The van der Waals surface area contributed by atoms with Gasteiger partial charge < -0.3 is 10.1 Å². The molecule has 0 aromatic heterocycles. The smallest absolute Gasteiger partial charge is 0.234 e. The Morgan fingerprint density at radius 2 is 2.31 bits per heavy atom. The first-order valence-corrected chi connectivity index (χ1v) is 6.13. The summed E-state index contributed by atoms with van der Waals surface area (Å²) in [5, 5.41) is 2.86. The zero-order valence-corrected chi connectivity index (χ0v) is 11.1. The Kier molecular flexibility index (Phi) is 5.32. The first-order valence-electron chi connectivity index (χ1n) is 5.22. The van der Waals surface area contributed by atoms with Gasteiger partial charge in [0.2, 0.25) is 5.91 Å². The molecule has 0 fully saturated rings. The van der Waals surface area contributed by atoms with E-state index in [9.17, 15) is 4.79 Å². The number of alkyl halides is 1. The highest BCUT2D eigenvalue weighted by atomic mass is 79.9. The molecule has 0 aliphatic carbocycles. The molecule has 0 aliphatic heterocycles. The van der Waals surface area contributed by atoms with Crippen LogP contribution in [0.25, 0.3) is 0 Å². The SMILES string of the molecule is CC[C@H](Br)C(=O)NCc1cccc(OC)c1. The van der Waals surface area contributed by atoms with E-state index in [1.165, 1.54) is 0 Å². The molecule has 0 saturated heterocycles. The fourth-order valence-corrected chi connectivity index (χ4v) is 1.43. The third-order valence-corrected chi connectivity index (χ3v) is 3.31. The fourth-order valence-electron chi connectivity index (χ4n) is 1.27. The van der Waals surface area contributed by atoms with Gasteiger partial charge in [-0.25, -0.2) is 0 Å². The lowest BCUT2D eigenvalue weighted by Gasteiger charge is -2.09. The van der Waals surface area contributed by atoms with E-state index in [1.807, 2.05) is 31.2 Å². The van der Waals surface area contributed by atoms with Crippen LogP contribution in [0.5, 0.6) is 5.75 Å². The Balaban J connectivity index is 2.51. The first-order chi connectivity index (χ1) is 7.67. The molecule has 1 aromatic carbocycles. The van der Waals surface area contributed by atoms with Crippen molar-refractivity contribution in [3.8, 4) is 5.75 Å². The molecule has 0 bridgehead atoms. The van der Waals surface area contributed by atoms with Crippen LogP contribution in [0, 0.1) is 0 Å². The maximum Gasteiger partial charge on any atom is 0.234 e. The standard InChI is InChI=1S/C12H16BrNO2/c1-3-11(13)12(15)14-8-9-5-4-6-10(7-9)16-2/h4-7,11H,3,8H2,1-2H3,(H,14,15)/t11-/m0/s1. The molecule has 1 N–H and O–H groups in total. The highest BCUT2D eigenvalue weighted by molar-refractivity contribution is 9.10. The molecular weight excluding hydrogens is 270 g/mol. The van der Waals surface area contributed by atoms with Crippen molar-refractivity contribution in [2.75, 3.05) is 7.11 Å². The highest BCUT2D eigenvalue weighted by Gasteiger charge is 2.11. The van der Waals surface area contributed by atoms with E-state index >= 15 is 0 Å². The summed E-state index contributed by atoms with van der Waals surface area (Å²) in [4.78, 5) is 11.4. The van der Waals surface area contributed by atoms with Gasteiger partial charge in [0, 0.05) is 6.54 Å². The van der Waals surface area contributed by atoms with Gasteiger partial charge in [-0.2, -0.15) is 0 Å². The van der Waals surface area contributed by atoms with E-state index in [-0.39, 0.29) is 10.7 Å². The summed E-state index contributed by atoms with van der Waals surface area (Å²) in [6, 6.07) is 7.66. The number of benzene rings is 1. The van der Waals surface area contributed by atoms with E-state index in [1.54, 1.807) is 7.11 Å². The van der Waals surface area contributed by atoms with Crippen molar-refractivity contribution < 1.29 is 9.53 Å². The Morgan fingerprint density at radius 3 is 2.94 bits per heavy atom. The van der Waals surface area contributed by atoms with Crippen LogP contribution in [0.2, 0.25) is 0 Å². The summed E-state index contributed by atoms with van der Waals surface area (Å²) in [6.07, 6.45) is 0.782. The lowest BCUT2D eigenvalue weighted by Crippen LogP contribution is -2.30. The summed E-state index contributed by atoms with van der Waals surface area (Å²) in [6.45, 7) is 2.49. The van der Waals surface area contributed by atoms with Crippen LogP contribution >= 0.6 is 15.9 Å². The number of nitrogens with one attached hydrogen (secondary N) is 1. The minimum absolute atomic E-state index is 0.0188. The van der Waals surface area contributed by atoms with Crippen LogP contribution in [0.15, 0.2) is 24.3 Å². The van der Waals surface area contributed by atoms with Crippen LogP contribution in [0.4, 0.5) is 0 Å². The summed E-state index contributed by atoms with van der Waals surface area (Å²) in [5.74, 6) is 0.822. The Hall–Kier alpha value is -1.03. The number of ether oxygens (including phenoxy) is 1. The van der Waals surface area contributed by atoms with Crippen molar-refractivity contribution in [1.29, 1.82) is 0 Å². The molecular formula is C12H16BrNO2. The maximum atomic E-state index is 11.5. The van der Waals surface area contributed by atoms with Crippen molar-refractivity contribution in [2.45, 2.75) is 24.7 Å². The average Bonchev–Trinajstić information content (AvgIpc) is 2.35. The summed E-state index contributed by atoms with van der Waals surface area (Å²) in [7, 11) is 1.63. The second-order valence-corrected chi connectivity index (χ2v) is 4.55.